The number of rotatable bonds is 3. The van der Waals surface area contributed by atoms with Crippen molar-refractivity contribution in [1.82, 2.24) is 0 Å². The lowest BCUT2D eigenvalue weighted by Gasteiger charge is -2.06. The Bertz CT molecular complexity index is 322. The lowest BCUT2D eigenvalue weighted by molar-refractivity contribution is 0.187. The highest BCUT2D eigenvalue weighted by atomic mass is 32.2. The molecule has 0 fully saturated rings. The number of amides is 1. The van der Waals surface area contributed by atoms with Gasteiger partial charge in [-0.25, -0.2) is 4.79 Å². The Kier molecular flexibility index (Phi) is 4.49. The summed E-state index contributed by atoms with van der Waals surface area (Å²) in [5.74, 6) is 0. The van der Waals surface area contributed by atoms with Crippen LogP contribution in [-0.4, -0.2) is 18.5 Å². The zero-order chi connectivity index (χ0) is 11.3. The molecule has 0 saturated heterocycles. The van der Waals surface area contributed by atoms with Gasteiger partial charge in [-0.1, -0.05) is 13.8 Å². The summed E-state index contributed by atoms with van der Waals surface area (Å²) >= 11 is 1.79. The van der Waals surface area contributed by atoms with Gasteiger partial charge in [0.05, 0.1) is 7.11 Å². The van der Waals surface area contributed by atoms with Crippen molar-refractivity contribution in [1.29, 1.82) is 0 Å². The Balaban J connectivity index is 2.60. The van der Waals surface area contributed by atoms with Crippen molar-refractivity contribution in [2.75, 3.05) is 12.4 Å². The number of thioether (sulfide) groups is 1. The first kappa shape index (κ1) is 11.9. The average Bonchev–Trinajstić information content (AvgIpc) is 2.20. The summed E-state index contributed by atoms with van der Waals surface area (Å²) in [5, 5.41) is 3.16. The summed E-state index contributed by atoms with van der Waals surface area (Å²) in [6.45, 7) is 4.29. The van der Waals surface area contributed by atoms with E-state index in [0.717, 1.165) is 5.69 Å². The third kappa shape index (κ3) is 4.25. The number of anilines is 1. The van der Waals surface area contributed by atoms with Gasteiger partial charge in [0.1, 0.15) is 0 Å². The zero-order valence-electron chi connectivity index (χ0n) is 9.11. The molecule has 4 heteroatoms. The molecular weight excluding hydrogens is 210 g/mol. The van der Waals surface area contributed by atoms with Crippen LogP contribution in [0.25, 0.3) is 0 Å². The van der Waals surface area contributed by atoms with Crippen LogP contribution in [0.1, 0.15) is 13.8 Å². The minimum absolute atomic E-state index is 0.445. The van der Waals surface area contributed by atoms with Crippen LogP contribution in [0.15, 0.2) is 29.2 Å². The number of methoxy groups -OCH3 is 1. The maximum absolute atomic E-state index is 10.9. The van der Waals surface area contributed by atoms with E-state index < -0.39 is 6.09 Å². The third-order valence-electron chi connectivity index (χ3n) is 1.66. The van der Waals surface area contributed by atoms with Crippen molar-refractivity contribution in [2.45, 2.75) is 24.0 Å². The molecule has 0 spiro atoms. The van der Waals surface area contributed by atoms with Crippen LogP contribution >= 0.6 is 11.8 Å². The van der Waals surface area contributed by atoms with Crippen molar-refractivity contribution in [2.24, 2.45) is 0 Å². The standard InChI is InChI=1S/C11H15NO2S/c1-8(2)15-10-6-4-9(5-7-10)12-11(13)14-3/h4-8H,1-3H3,(H,12,13). The predicted molar refractivity (Wildman–Crippen MR) is 63.5 cm³/mol. The number of carbonyl (C=O) groups excluding carboxylic acids is 1. The molecule has 82 valence electrons. The molecule has 0 aliphatic rings. The quantitative estimate of drug-likeness (QED) is 0.801. The number of hydrogen-bond acceptors (Lipinski definition) is 3. The van der Waals surface area contributed by atoms with E-state index in [-0.39, 0.29) is 0 Å². The van der Waals surface area contributed by atoms with E-state index in [1.54, 1.807) is 11.8 Å². The summed E-state index contributed by atoms with van der Waals surface area (Å²) < 4.78 is 4.49. The average molecular weight is 225 g/mol. The van der Waals surface area contributed by atoms with Crippen LogP contribution in [0.2, 0.25) is 0 Å². The van der Waals surface area contributed by atoms with Gasteiger partial charge in [-0.2, -0.15) is 0 Å². The van der Waals surface area contributed by atoms with E-state index in [4.69, 9.17) is 0 Å². The molecule has 0 bridgehead atoms. The first-order chi connectivity index (χ1) is 7.11. The molecule has 0 saturated carbocycles. The second-order valence-electron chi connectivity index (χ2n) is 3.31. The monoisotopic (exact) mass is 225 g/mol. The number of hydrogen-bond donors (Lipinski definition) is 1. The molecule has 1 amide bonds. The molecule has 0 atom stereocenters. The van der Waals surface area contributed by atoms with E-state index in [0.29, 0.717) is 5.25 Å². The van der Waals surface area contributed by atoms with Gasteiger partial charge in [0.2, 0.25) is 0 Å². The lowest BCUT2D eigenvalue weighted by Crippen LogP contribution is -2.10. The Labute approximate surface area is 94.2 Å². The SMILES string of the molecule is COC(=O)Nc1ccc(SC(C)C)cc1. The first-order valence-corrected chi connectivity index (χ1v) is 5.61. The van der Waals surface area contributed by atoms with Crippen LogP contribution in [-0.2, 0) is 4.74 Å². The molecule has 1 aromatic carbocycles. The van der Waals surface area contributed by atoms with Gasteiger partial charge in [-0.3, -0.25) is 5.32 Å². The number of carbonyl (C=O) groups is 1. The van der Waals surface area contributed by atoms with E-state index in [1.165, 1.54) is 12.0 Å². The Morgan fingerprint density at radius 1 is 1.33 bits per heavy atom. The van der Waals surface area contributed by atoms with E-state index in [1.807, 2.05) is 24.3 Å². The largest absolute Gasteiger partial charge is 0.453 e. The van der Waals surface area contributed by atoms with Crippen LogP contribution < -0.4 is 5.32 Å². The highest BCUT2D eigenvalue weighted by Crippen LogP contribution is 2.24. The Morgan fingerprint density at radius 3 is 2.40 bits per heavy atom. The molecule has 0 radical (unpaired) electrons. The van der Waals surface area contributed by atoms with Crippen LogP contribution in [0, 0.1) is 0 Å². The highest BCUT2D eigenvalue weighted by molar-refractivity contribution is 7.99. The molecule has 3 nitrogen and oxygen atoms in total. The summed E-state index contributed by atoms with van der Waals surface area (Å²) in [5.41, 5.74) is 0.745. The molecule has 0 aromatic heterocycles. The van der Waals surface area contributed by atoms with Gasteiger partial charge in [0.15, 0.2) is 0 Å². The molecule has 1 aromatic rings. The third-order valence-corrected chi connectivity index (χ3v) is 2.67. The van der Waals surface area contributed by atoms with Crippen LogP contribution in [0.5, 0.6) is 0 Å². The highest BCUT2D eigenvalue weighted by Gasteiger charge is 2.01. The fourth-order valence-electron chi connectivity index (χ4n) is 1.06. The van der Waals surface area contributed by atoms with Gasteiger partial charge in [0.25, 0.3) is 0 Å². The summed E-state index contributed by atoms with van der Waals surface area (Å²) in [7, 11) is 1.35. The lowest BCUT2D eigenvalue weighted by atomic mass is 10.3. The van der Waals surface area contributed by atoms with Crippen molar-refractivity contribution in [3.05, 3.63) is 24.3 Å². The van der Waals surface area contributed by atoms with Gasteiger partial charge in [-0.15, -0.1) is 11.8 Å². The molecule has 1 rings (SSSR count). The maximum atomic E-state index is 10.9. The molecule has 0 unspecified atom stereocenters. The smallest absolute Gasteiger partial charge is 0.411 e. The first-order valence-electron chi connectivity index (χ1n) is 4.73. The maximum Gasteiger partial charge on any atom is 0.411 e. The molecule has 0 aliphatic heterocycles. The minimum Gasteiger partial charge on any atom is -0.453 e. The van der Waals surface area contributed by atoms with Crippen molar-refractivity contribution < 1.29 is 9.53 Å². The molecule has 1 N–H and O–H groups in total. The van der Waals surface area contributed by atoms with Crippen LogP contribution in [0.3, 0.4) is 0 Å². The zero-order valence-corrected chi connectivity index (χ0v) is 9.93. The van der Waals surface area contributed by atoms with Crippen molar-refractivity contribution in [3.8, 4) is 0 Å². The van der Waals surface area contributed by atoms with E-state index in [2.05, 4.69) is 23.9 Å². The molecule has 15 heavy (non-hydrogen) atoms. The molecular formula is C11H15NO2S. The summed E-state index contributed by atoms with van der Waals surface area (Å²) in [4.78, 5) is 12.1. The number of benzene rings is 1. The van der Waals surface area contributed by atoms with Gasteiger partial charge < -0.3 is 4.74 Å². The Hall–Kier alpha value is -1.16. The summed E-state index contributed by atoms with van der Waals surface area (Å²) in [6.07, 6.45) is -0.445. The van der Waals surface area contributed by atoms with Gasteiger partial charge in [-0.05, 0) is 24.3 Å². The number of nitrogens with one attached hydrogen (secondary N) is 1. The minimum atomic E-state index is -0.445. The molecule has 0 aliphatic carbocycles. The second-order valence-corrected chi connectivity index (χ2v) is 4.96. The van der Waals surface area contributed by atoms with E-state index in [9.17, 15) is 4.79 Å². The second kappa shape index (κ2) is 5.66. The Morgan fingerprint density at radius 2 is 1.93 bits per heavy atom. The number of ether oxygens (including phenoxy) is 1. The van der Waals surface area contributed by atoms with E-state index >= 15 is 0 Å². The van der Waals surface area contributed by atoms with Gasteiger partial charge >= 0.3 is 6.09 Å². The fraction of sp³-hybridized carbons (Fsp3) is 0.364. The van der Waals surface area contributed by atoms with Crippen LogP contribution in [0.4, 0.5) is 10.5 Å². The fourth-order valence-corrected chi connectivity index (χ4v) is 1.90. The summed E-state index contributed by atoms with van der Waals surface area (Å²) in [6, 6.07) is 7.69. The molecule has 0 heterocycles. The van der Waals surface area contributed by atoms with Gasteiger partial charge in [0, 0.05) is 15.8 Å². The predicted octanol–water partition coefficient (Wildman–Crippen LogP) is 3.37. The normalized spacial score (nSPS) is 10.1. The van der Waals surface area contributed by atoms with Crippen molar-refractivity contribution >= 4 is 23.5 Å². The topological polar surface area (TPSA) is 38.3 Å². The van der Waals surface area contributed by atoms with Crippen molar-refractivity contribution in [3.63, 3.8) is 0 Å².